The highest BCUT2D eigenvalue weighted by Gasteiger charge is 2.27. The van der Waals surface area contributed by atoms with Crippen LogP contribution in [0.4, 0.5) is 0 Å². The largest absolute Gasteiger partial charge is 0.236 e. The maximum absolute atomic E-state index is 11.6. The molecule has 0 N–H and O–H groups in total. The molecular weight excluding hydrogens is 272 g/mol. The van der Waals surface area contributed by atoms with Crippen molar-refractivity contribution in [1.82, 2.24) is 0 Å². The summed E-state index contributed by atoms with van der Waals surface area (Å²) in [6.07, 6.45) is 5.71. The van der Waals surface area contributed by atoms with E-state index in [0.29, 0.717) is 12.8 Å². The van der Waals surface area contributed by atoms with Crippen molar-refractivity contribution >= 4 is 29.6 Å². The summed E-state index contributed by atoms with van der Waals surface area (Å²) in [5.41, 5.74) is 0. The minimum absolute atomic E-state index is 0.249. The SMILES string of the molecule is O=S(=O)(Cl)C/C=C\CC1CCCCS1(=O)=O. The molecule has 1 rings (SSSR count). The van der Waals surface area contributed by atoms with E-state index in [4.69, 9.17) is 10.7 Å². The Hall–Kier alpha value is -0.0700. The third-order valence-corrected chi connectivity index (χ3v) is 5.84. The molecule has 0 amide bonds. The van der Waals surface area contributed by atoms with Crippen LogP contribution in [0.5, 0.6) is 0 Å². The minimum atomic E-state index is -3.52. The number of hydrogen-bond acceptors (Lipinski definition) is 4. The van der Waals surface area contributed by atoms with Crippen molar-refractivity contribution in [3.05, 3.63) is 12.2 Å². The summed E-state index contributed by atoms with van der Waals surface area (Å²) >= 11 is 0. The summed E-state index contributed by atoms with van der Waals surface area (Å²) in [5, 5.41) is -0.351. The lowest BCUT2D eigenvalue weighted by Crippen LogP contribution is -2.27. The molecule has 1 aliphatic rings. The molecule has 1 unspecified atom stereocenters. The molecular formula is C9H15ClO4S2. The van der Waals surface area contributed by atoms with Crippen molar-refractivity contribution < 1.29 is 16.8 Å². The molecule has 4 nitrogen and oxygen atoms in total. The molecule has 0 radical (unpaired) electrons. The first kappa shape index (κ1) is 14.0. The van der Waals surface area contributed by atoms with E-state index < -0.39 is 18.9 Å². The Morgan fingerprint density at radius 1 is 1.25 bits per heavy atom. The maximum Gasteiger partial charge on any atom is 0.236 e. The van der Waals surface area contributed by atoms with Crippen molar-refractivity contribution in [3.63, 3.8) is 0 Å². The zero-order valence-corrected chi connectivity index (χ0v) is 11.2. The van der Waals surface area contributed by atoms with Crippen LogP contribution in [0.25, 0.3) is 0 Å². The van der Waals surface area contributed by atoms with Gasteiger partial charge < -0.3 is 0 Å². The zero-order valence-electron chi connectivity index (χ0n) is 8.80. The topological polar surface area (TPSA) is 68.3 Å². The van der Waals surface area contributed by atoms with Crippen molar-refractivity contribution in [2.75, 3.05) is 11.5 Å². The van der Waals surface area contributed by atoms with Crippen molar-refractivity contribution in [1.29, 1.82) is 0 Å². The monoisotopic (exact) mass is 286 g/mol. The first-order chi connectivity index (χ1) is 7.31. The van der Waals surface area contributed by atoms with E-state index in [1.165, 1.54) is 6.08 Å². The number of sulfone groups is 1. The van der Waals surface area contributed by atoms with Gasteiger partial charge in [-0.15, -0.1) is 0 Å². The molecule has 1 aliphatic heterocycles. The van der Waals surface area contributed by atoms with Crippen molar-refractivity contribution in [2.24, 2.45) is 0 Å². The smallest absolute Gasteiger partial charge is 0.229 e. The lowest BCUT2D eigenvalue weighted by atomic mass is 10.1. The third-order valence-electron chi connectivity index (χ3n) is 2.57. The quantitative estimate of drug-likeness (QED) is 0.580. The molecule has 1 fully saturated rings. The average molecular weight is 287 g/mol. The van der Waals surface area contributed by atoms with Gasteiger partial charge in [-0.2, -0.15) is 0 Å². The van der Waals surface area contributed by atoms with E-state index in [2.05, 4.69) is 0 Å². The molecule has 0 aromatic heterocycles. The molecule has 16 heavy (non-hydrogen) atoms. The van der Waals surface area contributed by atoms with E-state index in [-0.39, 0.29) is 16.8 Å². The predicted molar refractivity (Wildman–Crippen MR) is 64.8 cm³/mol. The number of allylic oxidation sites excluding steroid dienone is 1. The molecule has 7 heteroatoms. The molecule has 0 aromatic rings. The van der Waals surface area contributed by atoms with E-state index in [1.807, 2.05) is 0 Å². The summed E-state index contributed by atoms with van der Waals surface area (Å²) in [4.78, 5) is 0. The molecule has 1 saturated heterocycles. The number of rotatable bonds is 4. The lowest BCUT2D eigenvalue weighted by molar-refractivity contribution is 0.540. The highest BCUT2D eigenvalue weighted by molar-refractivity contribution is 8.13. The van der Waals surface area contributed by atoms with Crippen LogP contribution >= 0.6 is 10.7 Å². The Morgan fingerprint density at radius 2 is 1.94 bits per heavy atom. The zero-order chi connectivity index (χ0) is 12.2. The van der Waals surface area contributed by atoms with E-state index in [9.17, 15) is 16.8 Å². The molecule has 0 aliphatic carbocycles. The second kappa shape index (κ2) is 5.51. The third kappa shape index (κ3) is 4.84. The van der Waals surface area contributed by atoms with Gasteiger partial charge in [-0.25, -0.2) is 16.8 Å². The highest BCUT2D eigenvalue weighted by Crippen LogP contribution is 2.22. The van der Waals surface area contributed by atoms with Gasteiger partial charge in [0, 0.05) is 10.7 Å². The fourth-order valence-electron chi connectivity index (χ4n) is 1.72. The van der Waals surface area contributed by atoms with Gasteiger partial charge in [0.2, 0.25) is 9.05 Å². The average Bonchev–Trinajstić information content (AvgIpc) is 2.12. The molecule has 0 aromatic carbocycles. The standard InChI is InChI=1S/C9H15ClO4S2/c10-16(13,14)8-4-2-6-9-5-1-3-7-15(9,11)12/h2,4,9H,1,3,5-8H2/b4-2-. The van der Waals surface area contributed by atoms with Crippen LogP contribution in [0.2, 0.25) is 0 Å². The van der Waals surface area contributed by atoms with Crippen molar-refractivity contribution in [2.45, 2.75) is 30.9 Å². The molecule has 0 saturated carbocycles. The highest BCUT2D eigenvalue weighted by atomic mass is 35.7. The van der Waals surface area contributed by atoms with Gasteiger partial charge in [-0.1, -0.05) is 18.6 Å². The summed E-state index contributed by atoms with van der Waals surface area (Å²) in [5.74, 6) is 0.000630. The van der Waals surface area contributed by atoms with E-state index >= 15 is 0 Å². The van der Waals surface area contributed by atoms with Crippen LogP contribution in [0, 0.1) is 0 Å². The van der Waals surface area contributed by atoms with Gasteiger partial charge in [0.1, 0.15) is 0 Å². The number of halogens is 1. The Morgan fingerprint density at radius 3 is 2.50 bits per heavy atom. The predicted octanol–water partition coefficient (Wildman–Crippen LogP) is 1.47. The Kier molecular flexibility index (Phi) is 4.82. The molecule has 1 atom stereocenters. The summed E-state index contributed by atoms with van der Waals surface area (Å²) < 4.78 is 44.4. The van der Waals surface area contributed by atoms with Crippen LogP contribution in [-0.2, 0) is 18.9 Å². The van der Waals surface area contributed by atoms with Crippen LogP contribution in [0.15, 0.2) is 12.2 Å². The summed E-state index contributed by atoms with van der Waals surface area (Å²) in [6, 6.07) is 0. The molecule has 1 heterocycles. The fourth-order valence-corrected chi connectivity index (χ4v) is 4.17. The van der Waals surface area contributed by atoms with Gasteiger partial charge in [0.05, 0.1) is 16.8 Å². The van der Waals surface area contributed by atoms with Crippen LogP contribution in [0.3, 0.4) is 0 Å². The Balaban J connectivity index is 2.49. The van der Waals surface area contributed by atoms with Gasteiger partial charge >= 0.3 is 0 Å². The van der Waals surface area contributed by atoms with Crippen LogP contribution < -0.4 is 0 Å². The second-order valence-corrected chi connectivity index (χ2v) is 9.12. The molecule has 94 valence electrons. The van der Waals surface area contributed by atoms with Gasteiger partial charge in [0.15, 0.2) is 9.84 Å². The van der Waals surface area contributed by atoms with Crippen molar-refractivity contribution in [3.8, 4) is 0 Å². The molecule has 0 spiro atoms. The van der Waals surface area contributed by atoms with Gasteiger partial charge in [0.25, 0.3) is 0 Å². The van der Waals surface area contributed by atoms with Gasteiger partial charge in [-0.05, 0) is 19.3 Å². The second-order valence-electron chi connectivity index (χ2n) is 3.90. The summed E-state index contributed by atoms with van der Waals surface area (Å²) in [6.45, 7) is 0. The Bertz CT molecular complexity index is 450. The minimum Gasteiger partial charge on any atom is -0.229 e. The maximum atomic E-state index is 11.6. The van der Waals surface area contributed by atoms with E-state index in [1.54, 1.807) is 6.08 Å². The summed E-state index contributed by atoms with van der Waals surface area (Å²) in [7, 11) is -1.48. The lowest BCUT2D eigenvalue weighted by Gasteiger charge is -2.20. The Labute approximate surface area is 101 Å². The normalized spacial score (nSPS) is 25.9. The van der Waals surface area contributed by atoms with Crippen LogP contribution in [-0.4, -0.2) is 33.6 Å². The fraction of sp³-hybridized carbons (Fsp3) is 0.778. The van der Waals surface area contributed by atoms with Crippen LogP contribution in [0.1, 0.15) is 25.7 Å². The first-order valence-electron chi connectivity index (χ1n) is 5.10. The molecule has 0 bridgehead atoms. The van der Waals surface area contributed by atoms with E-state index in [0.717, 1.165) is 12.8 Å². The number of hydrogen-bond donors (Lipinski definition) is 0. The van der Waals surface area contributed by atoms with Gasteiger partial charge in [-0.3, -0.25) is 0 Å². The first-order valence-corrected chi connectivity index (χ1v) is 9.29.